The summed E-state index contributed by atoms with van der Waals surface area (Å²) in [6, 6.07) is 11.9. The fourth-order valence-corrected chi connectivity index (χ4v) is 3.84. The zero-order valence-corrected chi connectivity index (χ0v) is 14.0. The molecule has 0 saturated carbocycles. The predicted molar refractivity (Wildman–Crippen MR) is 91.3 cm³/mol. The van der Waals surface area contributed by atoms with Gasteiger partial charge in [0.2, 0.25) is 10.0 Å². The fourth-order valence-electron chi connectivity index (χ4n) is 1.68. The number of anilines is 2. The van der Waals surface area contributed by atoms with Crippen LogP contribution in [-0.4, -0.2) is 8.42 Å². The maximum absolute atomic E-state index is 12.1. The van der Waals surface area contributed by atoms with Crippen molar-refractivity contribution in [2.24, 2.45) is 0 Å². The third kappa shape index (κ3) is 4.26. The molecule has 0 atom stereocenters. The molecule has 4 nitrogen and oxygen atoms in total. The second-order valence-corrected chi connectivity index (χ2v) is 7.61. The van der Waals surface area contributed by atoms with E-state index in [0.29, 0.717) is 22.0 Å². The zero-order chi connectivity index (χ0) is 14.8. The Hall–Kier alpha value is -0.990. The minimum Gasteiger partial charge on any atom is -0.399 e. The maximum Gasteiger partial charge on any atom is 0.236 e. The summed E-state index contributed by atoms with van der Waals surface area (Å²) in [5, 5.41) is 0.369. The minimum absolute atomic E-state index is 0.152. The molecule has 2 aromatic rings. The number of rotatable bonds is 4. The Balaban J connectivity index is 2.19. The second kappa shape index (κ2) is 6.19. The number of benzene rings is 2. The Kier molecular flexibility index (Phi) is 4.77. The van der Waals surface area contributed by atoms with E-state index in [-0.39, 0.29) is 5.75 Å². The zero-order valence-electron chi connectivity index (χ0n) is 10.3. The molecule has 0 heterocycles. The van der Waals surface area contributed by atoms with Gasteiger partial charge in [0, 0.05) is 9.26 Å². The minimum atomic E-state index is -3.53. The molecule has 0 aliphatic heterocycles. The summed E-state index contributed by atoms with van der Waals surface area (Å²) in [6.45, 7) is 0. The van der Waals surface area contributed by atoms with Crippen molar-refractivity contribution >= 4 is 55.6 Å². The van der Waals surface area contributed by atoms with Crippen LogP contribution < -0.4 is 10.5 Å². The van der Waals surface area contributed by atoms with Crippen LogP contribution in [0.1, 0.15) is 5.56 Å². The van der Waals surface area contributed by atoms with Crippen molar-refractivity contribution in [1.82, 2.24) is 0 Å². The number of nitrogens with one attached hydrogen (secondary N) is 1. The number of sulfonamides is 1. The molecule has 2 rings (SSSR count). The lowest BCUT2D eigenvalue weighted by Crippen LogP contribution is -2.15. The monoisotopic (exact) mass is 422 g/mol. The van der Waals surface area contributed by atoms with E-state index < -0.39 is 10.0 Å². The van der Waals surface area contributed by atoms with Gasteiger partial charge < -0.3 is 5.73 Å². The number of halogens is 2. The highest BCUT2D eigenvalue weighted by Crippen LogP contribution is 2.25. The summed E-state index contributed by atoms with van der Waals surface area (Å²) < 4.78 is 27.6. The van der Waals surface area contributed by atoms with Crippen LogP contribution in [0.15, 0.2) is 42.5 Å². The first kappa shape index (κ1) is 15.4. The van der Waals surface area contributed by atoms with Crippen LogP contribution in [-0.2, 0) is 15.8 Å². The predicted octanol–water partition coefficient (Wildman–Crippen LogP) is 3.47. The van der Waals surface area contributed by atoms with Crippen LogP contribution in [0.5, 0.6) is 0 Å². The maximum atomic E-state index is 12.1. The Morgan fingerprint density at radius 2 is 1.95 bits per heavy atom. The highest BCUT2D eigenvalue weighted by Gasteiger charge is 2.14. The smallest absolute Gasteiger partial charge is 0.236 e. The lowest BCUT2D eigenvalue weighted by molar-refractivity contribution is 0.600. The lowest BCUT2D eigenvalue weighted by atomic mass is 10.2. The summed E-state index contributed by atoms with van der Waals surface area (Å²) in [5.74, 6) is -0.152. The Morgan fingerprint density at radius 1 is 1.20 bits per heavy atom. The van der Waals surface area contributed by atoms with Crippen molar-refractivity contribution in [2.75, 3.05) is 10.5 Å². The van der Waals surface area contributed by atoms with Crippen molar-refractivity contribution in [2.45, 2.75) is 5.75 Å². The van der Waals surface area contributed by atoms with E-state index in [1.54, 1.807) is 42.5 Å². The van der Waals surface area contributed by atoms with Gasteiger partial charge >= 0.3 is 0 Å². The van der Waals surface area contributed by atoms with Gasteiger partial charge in [0.1, 0.15) is 0 Å². The molecule has 2 aromatic carbocycles. The van der Waals surface area contributed by atoms with Crippen LogP contribution in [0.25, 0.3) is 0 Å². The molecule has 0 unspecified atom stereocenters. The molecule has 0 bridgehead atoms. The van der Waals surface area contributed by atoms with Crippen molar-refractivity contribution in [1.29, 1.82) is 0 Å². The molecule has 0 spiro atoms. The topological polar surface area (TPSA) is 72.2 Å². The molecule has 7 heteroatoms. The molecule has 106 valence electrons. The van der Waals surface area contributed by atoms with Crippen molar-refractivity contribution < 1.29 is 8.42 Å². The van der Waals surface area contributed by atoms with E-state index in [2.05, 4.69) is 27.3 Å². The average molecular weight is 423 g/mol. The van der Waals surface area contributed by atoms with Gasteiger partial charge in [-0.15, -0.1) is 0 Å². The first-order valence-electron chi connectivity index (χ1n) is 5.66. The van der Waals surface area contributed by atoms with Crippen LogP contribution in [0.3, 0.4) is 0 Å². The molecule has 0 saturated heterocycles. The molecule has 3 N–H and O–H groups in total. The molecule has 0 aromatic heterocycles. The first-order valence-corrected chi connectivity index (χ1v) is 8.76. The number of nitrogen functional groups attached to an aromatic ring is 1. The molecule has 0 aliphatic rings. The lowest BCUT2D eigenvalue weighted by Gasteiger charge is -2.10. The van der Waals surface area contributed by atoms with E-state index in [4.69, 9.17) is 17.3 Å². The van der Waals surface area contributed by atoms with Crippen molar-refractivity contribution in [3.63, 3.8) is 0 Å². The first-order chi connectivity index (χ1) is 9.35. The van der Waals surface area contributed by atoms with Crippen LogP contribution in [0.2, 0.25) is 5.02 Å². The summed E-state index contributed by atoms with van der Waals surface area (Å²) in [5.41, 5.74) is 7.16. The van der Waals surface area contributed by atoms with E-state index >= 15 is 0 Å². The SMILES string of the molecule is Nc1cccc(CS(=O)(=O)Nc2ccc(I)cc2Cl)c1. The standard InChI is InChI=1S/C13H12ClIN2O2S/c14-12-7-10(15)4-5-13(12)17-20(18,19)8-9-2-1-3-11(16)6-9/h1-7,17H,8,16H2. The van der Waals surface area contributed by atoms with E-state index in [0.717, 1.165) is 3.57 Å². The van der Waals surface area contributed by atoms with Gasteiger partial charge in [0.25, 0.3) is 0 Å². The van der Waals surface area contributed by atoms with Crippen LogP contribution >= 0.6 is 34.2 Å². The average Bonchev–Trinajstić information content (AvgIpc) is 2.32. The molecule has 0 radical (unpaired) electrons. The molecule has 0 amide bonds. The summed E-state index contributed by atoms with van der Waals surface area (Å²) >= 11 is 8.12. The summed E-state index contributed by atoms with van der Waals surface area (Å²) in [7, 11) is -3.53. The third-order valence-corrected chi connectivity index (χ3v) is 4.73. The third-order valence-electron chi connectivity index (χ3n) is 2.50. The largest absolute Gasteiger partial charge is 0.399 e. The van der Waals surface area contributed by atoms with E-state index in [9.17, 15) is 8.42 Å². The molecule has 0 fully saturated rings. The summed E-state index contributed by atoms with van der Waals surface area (Å²) in [4.78, 5) is 0. The second-order valence-electron chi connectivity index (χ2n) is 4.23. The molecular weight excluding hydrogens is 411 g/mol. The van der Waals surface area contributed by atoms with Gasteiger partial charge in [-0.1, -0.05) is 23.7 Å². The van der Waals surface area contributed by atoms with Gasteiger partial charge in [-0.25, -0.2) is 8.42 Å². The van der Waals surface area contributed by atoms with Crippen LogP contribution in [0.4, 0.5) is 11.4 Å². The van der Waals surface area contributed by atoms with Crippen LogP contribution in [0, 0.1) is 3.57 Å². The van der Waals surface area contributed by atoms with Gasteiger partial charge in [0.05, 0.1) is 16.5 Å². The van der Waals surface area contributed by atoms with Crippen molar-refractivity contribution in [3.8, 4) is 0 Å². The van der Waals surface area contributed by atoms with E-state index in [1.165, 1.54) is 0 Å². The molecule has 0 aliphatic carbocycles. The molecular formula is C13H12ClIN2O2S. The molecule has 20 heavy (non-hydrogen) atoms. The quantitative estimate of drug-likeness (QED) is 0.585. The number of nitrogens with two attached hydrogens (primary N) is 1. The van der Waals surface area contributed by atoms with Gasteiger partial charge in [0.15, 0.2) is 0 Å². The van der Waals surface area contributed by atoms with Crippen molar-refractivity contribution in [3.05, 3.63) is 56.6 Å². The Bertz CT molecular complexity index is 735. The Labute approximate surface area is 136 Å². The fraction of sp³-hybridized carbons (Fsp3) is 0.0769. The Morgan fingerprint density at radius 3 is 2.60 bits per heavy atom. The van der Waals surface area contributed by atoms with Gasteiger partial charge in [-0.2, -0.15) is 0 Å². The van der Waals surface area contributed by atoms with Gasteiger partial charge in [-0.3, -0.25) is 4.72 Å². The number of hydrogen-bond acceptors (Lipinski definition) is 3. The van der Waals surface area contributed by atoms with Gasteiger partial charge in [-0.05, 0) is 58.5 Å². The highest BCUT2D eigenvalue weighted by atomic mass is 127. The normalized spacial score (nSPS) is 11.3. The number of hydrogen-bond donors (Lipinski definition) is 2. The summed E-state index contributed by atoms with van der Waals surface area (Å²) in [6.07, 6.45) is 0. The van der Waals surface area contributed by atoms with E-state index in [1.807, 2.05) is 0 Å². The highest BCUT2D eigenvalue weighted by molar-refractivity contribution is 14.1.